The number of hydrogen-bond acceptors (Lipinski definition) is 2. The Morgan fingerprint density at radius 2 is 1.95 bits per heavy atom. The third-order valence-corrected chi connectivity index (χ3v) is 3.92. The summed E-state index contributed by atoms with van der Waals surface area (Å²) in [6.45, 7) is 1.29. The number of carbonyl (C=O) groups is 1. The Kier molecular flexibility index (Phi) is 5.67. The number of carbonyl (C=O) groups excluding carboxylic acids is 1. The molecule has 0 saturated heterocycles. The van der Waals surface area contributed by atoms with Gasteiger partial charge in [-0.2, -0.15) is 0 Å². The van der Waals surface area contributed by atoms with Crippen LogP contribution in [-0.2, 0) is 4.79 Å². The maximum Gasteiger partial charge on any atom is 0.238 e. The molecule has 0 heterocycles. The topological polar surface area (TPSA) is 41.1 Å². The van der Waals surface area contributed by atoms with Crippen LogP contribution in [0.15, 0.2) is 24.3 Å². The van der Waals surface area contributed by atoms with Gasteiger partial charge in [-0.15, -0.1) is 0 Å². The van der Waals surface area contributed by atoms with Gasteiger partial charge in [-0.1, -0.05) is 43.0 Å². The van der Waals surface area contributed by atoms with E-state index in [1.54, 1.807) is 12.1 Å². The molecule has 1 amide bonds. The molecule has 2 N–H and O–H groups in total. The van der Waals surface area contributed by atoms with Crippen LogP contribution in [0.2, 0.25) is 5.02 Å². The molecule has 1 aliphatic carbocycles. The predicted molar refractivity (Wildman–Crippen MR) is 79.5 cm³/mol. The van der Waals surface area contributed by atoms with Gasteiger partial charge >= 0.3 is 0 Å². The highest BCUT2D eigenvalue weighted by Gasteiger charge is 2.13. The van der Waals surface area contributed by atoms with Crippen LogP contribution in [0.5, 0.6) is 0 Å². The molecule has 0 aromatic heterocycles. The molecule has 19 heavy (non-hydrogen) atoms. The van der Waals surface area contributed by atoms with Crippen LogP contribution in [0.1, 0.15) is 32.1 Å². The molecule has 0 unspecified atom stereocenters. The monoisotopic (exact) mass is 280 g/mol. The molecule has 104 valence electrons. The van der Waals surface area contributed by atoms with Crippen molar-refractivity contribution in [1.29, 1.82) is 0 Å². The fraction of sp³-hybridized carbons (Fsp3) is 0.533. The van der Waals surface area contributed by atoms with E-state index in [0.29, 0.717) is 17.3 Å². The zero-order chi connectivity index (χ0) is 13.5. The number of nitrogens with one attached hydrogen (secondary N) is 2. The molecule has 2 rings (SSSR count). The van der Waals surface area contributed by atoms with Gasteiger partial charge in [0.1, 0.15) is 0 Å². The van der Waals surface area contributed by atoms with Crippen molar-refractivity contribution in [3.05, 3.63) is 29.3 Å². The Morgan fingerprint density at radius 3 is 2.68 bits per heavy atom. The second-order valence-electron chi connectivity index (χ2n) is 5.16. The van der Waals surface area contributed by atoms with Gasteiger partial charge in [-0.3, -0.25) is 4.79 Å². The molecular weight excluding hydrogens is 260 g/mol. The summed E-state index contributed by atoms with van der Waals surface area (Å²) in [5, 5.41) is 6.63. The molecule has 0 radical (unpaired) electrons. The van der Waals surface area contributed by atoms with Crippen molar-refractivity contribution in [3.8, 4) is 0 Å². The quantitative estimate of drug-likeness (QED) is 0.867. The fourth-order valence-electron chi connectivity index (χ4n) is 2.54. The van der Waals surface area contributed by atoms with Crippen molar-refractivity contribution < 1.29 is 4.79 Å². The van der Waals surface area contributed by atoms with Crippen LogP contribution in [-0.4, -0.2) is 19.0 Å². The smallest absolute Gasteiger partial charge is 0.238 e. The van der Waals surface area contributed by atoms with E-state index < -0.39 is 0 Å². The molecule has 1 aromatic carbocycles. The van der Waals surface area contributed by atoms with E-state index in [9.17, 15) is 4.79 Å². The molecule has 1 fully saturated rings. The first kappa shape index (κ1) is 14.4. The number of halogens is 1. The molecule has 0 bridgehead atoms. The summed E-state index contributed by atoms with van der Waals surface area (Å²) < 4.78 is 0. The lowest BCUT2D eigenvalue weighted by atomic mass is 9.89. The summed E-state index contributed by atoms with van der Waals surface area (Å²) >= 11 is 5.99. The molecule has 0 atom stereocenters. The van der Waals surface area contributed by atoms with Crippen molar-refractivity contribution in [1.82, 2.24) is 5.32 Å². The van der Waals surface area contributed by atoms with Crippen molar-refractivity contribution >= 4 is 23.2 Å². The van der Waals surface area contributed by atoms with Gasteiger partial charge in [0.15, 0.2) is 0 Å². The van der Waals surface area contributed by atoms with Gasteiger partial charge in [0.2, 0.25) is 5.91 Å². The Labute approximate surface area is 119 Å². The molecule has 1 saturated carbocycles. The maximum atomic E-state index is 11.8. The third-order valence-electron chi connectivity index (χ3n) is 3.59. The van der Waals surface area contributed by atoms with Crippen LogP contribution in [0.3, 0.4) is 0 Å². The van der Waals surface area contributed by atoms with E-state index in [4.69, 9.17) is 11.6 Å². The summed E-state index contributed by atoms with van der Waals surface area (Å²) in [5.74, 6) is 0.700. The van der Waals surface area contributed by atoms with E-state index in [-0.39, 0.29) is 5.91 Å². The summed E-state index contributed by atoms with van der Waals surface area (Å²) in [7, 11) is 0. The van der Waals surface area contributed by atoms with Crippen LogP contribution in [0, 0.1) is 5.92 Å². The largest absolute Gasteiger partial charge is 0.324 e. The van der Waals surface area contributed by atoms with Crippen LogP contribution in [0.25, 0.3) is 0 Å². The first-order valence-electron chi connectivity index (χ1n) is 7.01. The Bertz CT molecular complexity index is 416. The number of benzene rings is 1. The maximum absolute atomic E-state index is 11.8. The molecule has 1 aromatic rings. The molecular formula is C15H21ClN2O. The van der Waals surface area contributed by atoms with Crippen molar-refractivity contribution in [2.45, 2.75) is 32.1 Å². The van der Waals surface area contributed by atoms with Gasteiger partial charge in [0, 0.05) is 0 Å². The highest BCUT2D eigenvalue weighted by molar-refractivity contribution is 6.33. The zero-order valence-corrected chi connectivity index (χ0v) is 11.9. The minimum absolute atomic E-state index is 0.0380. The lowest BCUT2D eigenvalue weighted by Gasteiger charge is -2.21. The van der Waals surface area contributed by atoms with Crippen LogP contribution >= 0.6 is 11.6 Å². The zero-order valence-electron chi connectivity index (χ0n) is 11.1. The summed E-state index contributed by atoms with van der Waals surface area (Å²) in [6, 6.07) is 7.28. The van der Waals surface area contributed by atoms with Gasteiger partial charge in [-0.05, 0) is 37.4 Å². The minimum Gasteiger partial charge on any atom is -0.324 e. The molecule has 0 aliphatic heterocycles. The molecule has 3 nitrogen and oxygen atoms in total. The van der Waals surface area contributed by atoms with E-state index in [2.05, 4.69) is 10.6 Å². The lowest BCUT2D eigenvalue weighted by Crippen LogP contribution is -2.32. The van der Waals surface area contributed by atoms with E-state index in [1.165, 1.54) is 32.1 Å². The highest BCUT2D eigenvalue weighted by atomic mass is 35.5. The van der Waals surface area contributed by atoms with E-state index in [1.807, 2.05) is 12.1 Å². The normalized spacial score (nSPS) is 16.3. The highest BCUT2D eigenvalue weighted by Crippen LogP contribution is 2.23. The van der Waals surface area contributed by atoms with Crippen molar-refractivity contribution in [2.24, 2.45) is 5.92 Å². The Balaban J connectivity index is 1.68. The Hall–Kier alpha value is -1.06. The summed E-state index contributed by atoms with van der Waals surface area (Å²) in [5.41, 5.74) is 0.675. The molecule has 4 heteroatoms. The molecule has 0 spiro atoms. The first-order chi connectivity index (χ1) is 9.25. The van der Waals surface area contributed by atoms with Crippen LogP contribution in [0.4, 0.5) is 5.69 Å². The standard InChI is InChI=1S/C15H21ClN2O/c16-13-8-4-5-9-14(13)18-15(19)11-17-10-12-6-2-1-3-7-12/h4-5,8-9,12,17H,1-3,6-7,10-11H2,(H,18,19). The predicted octanol–water partition coefficient (Wildman–Crippen LogP) is 3.45. The van der Waals surface area contributed by atoms with Gasteiger partial charge in [0.05, 0.1) is 17.3 Å². The van der Waals surface area contributed by atoms with Gasteiger partial charge in [0.25, 0.3) is 0 Å². The van der Waals surface area contributed by atoms with Crippen molar-refractivity contribution in [2.75, 3.05) is 18.4 Å². The molecule has 1 aliphatic rings. The number of amides is 1. The van der Waals surface area contributed by atoms with E-state index in [0.717, 1.165) is 12.5 Å². The van der Waals surface area contributed by atoms with Gasteiger partial charge in [-0.25, -0.2) is 0 Å². The first-order valence-corrected chi connectivity index (χ1v) is 7.38. The minimum atomic E-state index is -0.0380. The third kappa shape index (κ3) is 4.84. The number of anilines is 1. The second-order valence-corrected chi connectivity index (χ2v) is 5.57. The Morgan fingerprint density at radius 1 is 1.21 bits per heavy atom. The van der Waals surface area contributed by atoms with Crippen LogP contribution < -0.4 is 10.6 Å². The average Bonchev–Trinajstić information content (AvgIpc) is 2.43. The number of hydrogen-bond donors (Lipinski definition) is 2. The number of para-hydroxylation sites is 1. The van der Waals surface area contributed by atoms with Crippen molar-refractivity contribution in [3.63, 3.8) is 0 Å². The van der Waals surface area contributed by atoms with Gasteiger partial charge < -0.3 is 10.6 Å². The SMILES string of the molecule is O=C(CNCC1CCCCC1)Nc1ccccc1Cl. The lowest BCUT2D eigenvalue weighted by molar-refractivity contribution is -0.115. The summed E-state index contributed by atoms with van der Waals surface area (Å²) in [4.78, 5) is 11.8. The average molecular weight is 281 g/mol. The fourth-order valence-corrected chi connectivity index (χ4v) is 2.72. The summed E-state index contributed by atoms with van der Waals surface area (Å²) in [6.07, 6.45) is 6.61. The second kappa shape index (κ2) is 7.51. The van der Waals surface area contributed by atoms with E-state index >= 15 is 0 Å². The number of rotatable bonds is 5.